The molecule has 2 saturated heterocycles. The molecule has 0 radical (unpaired) electrons. The number of carbonyl (C=O) groups excluding carboxylic acids is 2. The zero-order valence-electron chi connectivity index (χ0n) is 16.0. The van der Waals surface area contributed by atoms with E-state index < -0.39 is 0 Å². The lowest BCUT2D eigenvalue weighted by Crippen LogP contribution is -2.43. The van der Waals surface area contributed by atoms with Gasteiger partial charge < -0.3 is 19.9 Å². The number of halogens is 1. The van der Waals surface area contributed by atoms with Gasteiger partial charge in [0.15, 0.2) is 0 Å². The molecule has 148 valence electrons. The third-order valence-corrected chi connectivity index (χ3v) is 5.47. The van der Waals surface area contributed by atoms with Crippen molar-refractivity contribution in [2.75, 3.05) is 49.6 Å². The summed E-state index contributed by atoms with van der Waals surface area (Å²) < 4.78 is 5.42. The second kappa shape index (κ2) is 8.93. The first-order valence-corrected chi connectivity index (χ1v) is 10.1. The maximum absolute atomic E-state index is 12.8. The van der Waals surface area contributed by atoms with Crippen molar-refractivity contribution in [1.82, 2.24) is 4.90 Å². The Hall–Kier alpha value is -1.79. The van der Waals surface area contributed by atoms with E-state index in [1.165, 1.54) is 0 Å². The maximum Gasteiger partial charge on any atom is 0.227 e. The van der Waals surface area contributed by atoms with Crippen LogP contribution in [0.5, 0.6) is 0 Å². The van der Waals surface area contributed by atoms with Crippen LogP contribution in [0.25, 0.3) is 0 Å². The molecule has 1 N–H and O–H groups in total. The average molecular weight is 394 g/mol. The van der Waals surface area contributed by atoms with Crippen molar-refractivity contribution in [1.29, 1.82) is 0 Å². The molecule has 0 aliphatic carbocycles. The summed E-state index contributed by atoms with van der Waals surface area (Å²) in [5.41, 5.74) is 1.72. The zero-order chi connectivity index (χ0) is 19.4. The molecule has 27 heavy (non-hydrogen) atoms. The molecular formula is C20H28ClN3O3. The fourth-order valence-corrected chi connectivity index (χ4v) is 3.82. The lowest BCUT2D eigenvalue weighted by atomic mass is 9.95. The molecule has 6 nitrogen and oxygen atoms in total. The van der Waals surface area contributed by atoms with E-state index in [1.54, 1.807) is 0 Å². The standard InChI is InChI=1S/C20H28ClN3O3/c1-14(2)20(26)24-7-5-15(6-8-24)19(25)22-17-13-16(21)3-4-18(17)23-9-11-27-12-10-23/h3-4,13-15H,5-12H2,1-2H3,(H,22,25). The van der Waals surface area contributed by atoms with Crippen LogP contribution in [0.15, 0.2) is 18.2 Å². The van der Waals surface area contributed by atoms with Crippen molar-refractivity contribution in [2.24, 2.45) is 11.8 Å². The predicted molar refractivity (Wildman–Crippen MR) is 107 cm³/mol. The summed E-state index contributed by atoms with van der Waals surface area (Å²) >= 11 is 6.17. The van der Waals surface area contributed by atoms with Gasteiger partial charge in [0, 0.05) is 43.0 Å². The number of benzene rings is 1. The largest absolute Gasteiger partial charge is 0.378 e. The van der Waals surface area contributed by atoms with Crippen LogP contribution in [0.2, 0.25) is 5.02 Å². The van der Waals surface area contributed by atoms with Gasteiger partial charge in [0.25, 0.3) is 0 Å². The van der Waals surface area contributed by atoms with Gasteiger partial charge in [-0.05, 0) is 31.0 Å². The summed E-state index contributed by atoms with van der Waals surface area (Å²) in [5, 5.41) is 3.67. The number of nitrogens with zero attached hydrogens (tertiary/aromatic N) is 2. The Bertz CT molecular complexity index is 681. The summed E-state index contributed by atoms with van der Waals surface area (Å²) in [6, 6.07) is 5.60. The minimum absolute atomic E-state index is 0.00193. The fraction of sp³-hybridized carbons (Fsp3) is 0.600. The molecule has 0 unspecified atom stereocenters. The fourth-order valence-electron chi connectivity index (χ4n) is 3.65. The Labute approximate surface area is 165 Å². The van der Waals surface area contributed by atoms with Crippen LogP contribution in [-0.4, -0.2) is 56.1 Å². The van der Waals surface area contributed by atoms with E-state index >= 15 is 0 Å². The number of likely N-dealkylation sites (tertiary alicyclic amines) is 1. The molecule has 0 aromatic heterocycles. The monoisotopic (exact) mass is 393 g/mol. The molecule has 2 amide bonds. The topological polar surface area (TPSA) is 61.9 Å². The molecule has 2 fully saturated rings. The highest BCUT2D eigenvalue weighted by Crippen LogP contribution is 2.31. The highest BCUT2D eigenvalue weighted by atomic mass is 35.5. The minimum Gasteiger partial charge on any atom is -0.378 e. The Morgan fingerprint density at radius 2 is 1.81 bits per heavy atom. The molecule has 0 spiro atoms. The molecule has 0 atom stereocenters. The molecule has 2 aliphatic rings. The number of hydrogen-bond acceptors (Lipinski definition) is 4. The Balaban J connectivity index is 1.64. The predicted octanol–water partition coefficient (Wildman–Crippen LogP) is 3.01. The Morgan fingerprint density at radius 1 is 1.15 bits per heavy atom. The van der Waals surface area contributed by atoms with E-state index in [0.29, 0.717) is 44.2 Å². The molecule has 3 rings (SSSR count). The van der Waals surface area contributed by atoms with Gasteiger partial charge in [0.2, 0.25) is 11.8 Å². The third kappa shape index (κ3) is 4.93. The number of piperidine rings is 1. The number of rotatable bonds is 4. The van der Waals surface area contributed by atoms with E-state index in [1.807, 2.05) is 36.9 Å². The van der Waals surface area contributed by atoms with Gasteiger partial charge in [-0.25, -0.2) is 0 Å². The van der Waals surface area contributed by atoms with Crippen LogP contribution in [-0.2, 0) is 14.3 Å². The van der Waals surface area contributed by atoms with Gasteiger partial charge in [0.05, 0.1) is 24.6 Å². The number of anilines is 2. The SMILES string of the molecule is CC(C)C(=O)N1CCC(C(=O)Nc2cc(Cl)ccc2N2CCOCC2)CC1. The molecule has 0 bridgehead atoms. The van der Waals surface area contributed by atoms with Gasteiger partial charge in [-0.3, -0.25) is 9.59 Å². The molecule has 1 aromatic carbocycles. The quantitative estimate of drug-likeness (QED) is 0.854. The van der Waals surface area contributed by atoms with E-state index in [2.05, 4.69) is 10.2 Å². The first-order valence-electron chi connectivity index (χ1n) is 9.67. The van der Waals surface area contributed by atoms with Crippen LogP contribution in [0, 0.1) is 11.8 Å². The number of carbonyl (C=O) groups is 2. The number of ether oxygens (including phenoxy) is 1. The molecule has 2 aliphatic heterocycles. The van der Waals surface area contributed by atoms with Crippen LogP contribution in [0.1, 0.15) is 26.7 Å². The van der Waals surface area contributed by atoms with E-state index in [4.69, 9.17) is 16.3 Å². The van der Waals surface area contributed by atoms with E-state index in [-0.39, 0.29) is 23.7 Å². The van der Waals surface area contributed by atoms with Gasteiger partial charge in [-0.1, -0.05) is 25.4 Å². The highest BCUT2D eigenvalue weighted by molar-refractivity contribution is 6.31. The minimum atomic E-state index is -0.0854. The smallest absolute Gasteiger partial charge is 0.227 e. The highest BCUT2D eigenvalue weighted by Gasteiger charge is 2.29. The molecule has 1 aromatic rings. The lowest BCUT2D eigenvalue weighted by Gasteiger charge is -2.33. The third-order valence-electron chi connectivity index (χ3n) is 5.24. The number of amides is 2. The number of hydrogen-bond donors (Lipinski definition) is 1. The summed E-state index contributed by atoms with van der Waals surface area (Å²) in [7, 11) is 0. The van der Waals surface area contributed by atoms with E-state index in [0.717, 1.165) is 24.5 Å². The molecule has 2 heterocycles. The normalized spacial score (nSPS) is 18.7. The summed E-state index contributed by atoms with van der Waals surface area (Å²) in [6.45, 7) is 8.04. The Kier molecular flexibility index (Phi) is 6.60. The van der Waals surface area contributed by atoms with Crippen molar-refractivity contribution in [2.45, 2.75) is 26.7 Å². The van der Waals surface area contributed by atoms with E-state index in [9.17, 15) is 9.59 Å². The summed E-state index contributed by atoms with van der Waals surface area (Å²) in [5.74, 6) is 0.0809. The van der Waals surface area contributed by atoms with Crippen LogP contribution < -0.4 is 10.2 Å². The van der Waals surface area contributed by atoms with Gasteiger partial charge in [0.1, 0.15) is 0 Å². The Morgan fingerprint density at radius 3 is 2.44 bits per heavy atom. The van der Waals surface area contributed by atoms with Crippen molar-refractivity contribution >= 4 is 34.8 Å². The molecule has 7 heteroatoms. The lowest BCUT2D eigenvalue weighted by molar-refractivity contribution is -0.137. The molecular weight excluding hydrogens is 366 g/mol. The van der Waals surface area contributed by atoms with Gasteiger partial charge in [-0.2, -0.15) is 0 Å². The second-order valence-electron chi connectivity index (χ2n) is 7.50. The van der Waals surface area contributed by atoms with Crippen molar-refractivity contribution in [3.63, 3.8) is 0 Å². The first-order chi connectivity index (χ1) is 13.0. The van der Waals surface area contributed by atoms with Crippen LogP contribution >= 0.6 is 11.6 Å². The van der Waals surface area contributed by atoms with Gasteiger partial charge >= 0.3 is 0 Å². The first kappa shape index (κ1) is 20.0. The van der Waals surface area contributed by atoms with Gasteiger partial charge in [-0.15, -0.1) is 0 Å². The number of nitrogens with one attached hydrogen (secondary N) is 1. The van der Waals surface area contributed by atoms with Crippen molar-refractivity contribution < 1.29 is 14.3 Å². The van der Waals surface area contributed by atoms with Crippen molar-refractivity contribution in [3.8, 4) is 0 Å². The van der Waals surface area contributed by atoms with Crippen LogP contribution in [0.4, 0.5) is 11.4 Å². The molecule has 0 saturated carbocycles. The summed E-state index contributed by atoms with van der Waals surface area (Å²) in [4.78, 5) is 29.0. The zero-order valence-corrected chi connectivity index (χ0v) is 16.8. The van der Waals surface area contributed by atoms with Crippen LogP contribution in [0.3, 0.4) is 0 Å². The number of morpholine rings is 1. The second-order valence-corrected chi connectivity index (χ2v) is 7.94. The maximum atomic E-state index is 12.8. The average Bonchev–Trinajstić information content (AvgIpc) is 2.68. The van der Waals surface area contributed by atoms with Crippen molar-refractivity contribution in [3.05, 3.63) is 23.2 Å². The summed E-state index contributed by atoms with van der Waals surface area (Å²) in [6.07, 6.45) is 1.38.